The van der Waals surface area contributed by atoms with Gasteiger partial charge in [-0.3, -0.25) is 0 Å². The fourth-order valence-electron chi connectivity index (χ4n) is 2.60. The molecule has 0 bridgehead atoms. The van der Waals surface area contributed by atoms with Gasteiger partial charge in [0, 0.05) is 19.3 Å². The smallest absolute Gasteiger partial charge is 0.327 e. The molecule has 0 spiro atoms. The average molecular weight is 278 g/mol. The van der Waals surface area contributed by atoms with Gasteiger partial charge in [-0.15, -0.1) is 0 Å². The number of likely N-dealkylation sites (N-methyl/N-ethyl adjacent to an activating group) is 2. The van der Waals surface area contributed by atoms with E-state index in [2.05, 4.69) is 42.3 Å². The zero-order valence-electron chi connectivity index (χ0n) is 13.4. The highest BCUT2D eigenvalue weighted by atomic mass is 16.5. The number of anilines is 1. The van der Waals surface area contributed by atoms with E-state index in [4.69, 9.17) is 4.74 Å². The SMILES string of the molecule is CCNC(C)(CN(C)c1ccc(C)cc1C)C(=O)OC. The fraction of sp³-hybridized carbons (Fsp3) is 0.562. The van der Waals surface area contributed by atoms with Gasteiger partial charge in [0.2, 0.25) is 0 Å². The van der Waals surface area contributed by atoms with Crippen molar-refractivity contribution in [3.63, 3.8) is 0 Å². The molecule has 1 atom stereocenters. The van der Waals surface area contributed by atoms with Gasteiger partial charge < -0.3 is 15.0 Å². The Morgan fingerprint density at radius 1 is 1.40 bits per heavy atom. The lowest BCUT2D eigenvalue weighted by atomic mass is 10.0. The van der Waals surface area contributed by atoms with Gasteiger partial charge in [0.05, 0.1) is 7.11 Å². The summed E-state index contributed by atoms with van der Waals surface area (Å²) in [6, 6.07) is 6.32. The number of nitrogens with one attached hydrogen (secondary N) is 1. The summed E-state index contributed by atoms with van der Waals surface area (Å²) < 4.78 is 4.93. The molecule has 1 N–H and O–H groups in total. The number of methoxy groups -OCH3 is 1. The summed E-state index contributed by atoms with van der Waals surface area (Å²) in [5.74, 6) is -0.240. The predicted molar refractivity (Wildman–Crippen MR) is 83.3 cm³/mol. The Balaban J connectivity index is 2.96. The molecule has 1 aromatic rings. The van der Waals surface area contributed by atoms with Crippen LogP contribution in [0.5, 0.6) is 0 Å². The third kappa shape index (κ3) is 3.73. The summed E-state index contributed by atoms with van der Waals surface area (Å²) in [6.45, 7) is 9.29. The van der Waals surface area contributed by atoms with Gasteiger partial charge in [0.25, 0.3) is 0 Å². The third-order valence-electron chi connectivity index (χ3n) is 3.52. The van der Waals surface area contributed by atoms with Crippen molar-refractivity contribution < 1.29 is 9.53 Å². The maximum atomic E-state index is 12.0. The normalized spacial score (nSPS) is 13.7. The zero-order valence-corrected chi connectivity index (χ0v) is 13.4. The van der Waals surface area contributed by atoms with E-state index in [1.165, 1.54) is 18.2 Å². The van der Waals surface area contributed by atoms with E-state index in [1.807, 2.05) is 20.9 Å². The van der Waals surface area contributed by atoms with Gasteiger partial charge in [0.15, 0.2) is 0 Å². The van der Waals surface area contributed by atoms with Crippen molar-refractivity contribution in [3.05, 3.63) is 29.3 Å². The van der Waals surface area contributed by atoms with Gasteiger partial charge in [0.1, 0.15) is 5.54 Å². The lowest BCUT2D eigenvalue weighted by Crippen LogP contribution is -2.57. The summed E-state index contributed by atoms with van der Waals surface area (Å²) in [7, 11) is 3.42. The first kappa shape index (κ1) is 16.5. The van der Waals surface area contributed by atoms with Crippen molar-refractivity contribution in [2.45, 2.75) is 33.2 Å². The number of rotatable bonds is 6. The monoisotopic (exact) mass is 278 g/mol. The number of esters is 1. The molecule has 4 heteroatoms. The quantitative estimate of drug-likeness (QED) is 0.811. The second kappa shape index (κ2) is 6.75. The molecule has 112 valence electrons. The topological polar surface area (TPSA) is 41.6 Å². The molecule has 0 aliphatic rings. The molecule has 1 aromatic carbocycles. The number of carbonyl (C=O) groups excluding carboxylic acids is 1. The Hall–Kier alpha value is -1.55. The van der Waals surface area contributed by atoms with Crippen molar-refractivity contribution >= 4 is 11.7 Å². The van der Waals surface area contributed by atoms with Crippen molar-refractivity contribution in [1.29, 1.82) is 0 Å². The summed E-state index contributed by atoms with van der Waals surface area (Å²) in [6.07, 6.45) is 0. The van der Waals surface area contributed by atoms with Crippen LogP contribution in [-0.2, 0) is 9.53 Å². The van der Waals surface area contributed by atoms with Crippen LogP contribution in [0.25, 0.3) is 0 Å². The molecule has 4 nitrogen and oxygen atoms in total. The molecule has 0 fully saturated rings. The van der Waals surface area contributed by atoms with Crippen LogP contribution in [0.1, 0.15) is 25.0 Å². The van der Waals surface area contributed by atoms with E-state index in [0.717, 1.165) is 5.69 Å². The van der Waals surface area contributed by atoms with Crippen LogP contribution in [-0.4, -0.2) is 38.8 Å². The summed E-state index contributed by atoms with van der Waals surface area (Å²) in [5.41, 5.74) is 2.86. The summed E-state index contributed by atoms with van der Waals surface area (Å²) in [5, 5.41) is 3.22. The van der Waals surface area contributed by atoms with Crippen LogP contribution in [0.4, 0.5) is 5.69 Å². The van der Waals surface area contributed by atoms with Crippen LogP contribution >= 0.6 is 0 Å². The van der Waals surface area contributed by atoms with E-state index < -0.39 is 5.54 Å². The van der Waals surface area contributed by atoms with Crippen LogP contribution in [0.2, 0.25) is 0 Å². The highest BCUT2D eigenvalue weighted by molar-refractivity contribution is 5.81. The van der Waals surface area contributed by atoms with E-state index in [-0.39, 0.29) is 5.97 Å². The molecule has 0 radical (unpaired) electrons. The molecule has 0 aliphatic carbocycles. The Kier molecular flexibility index (Phi) is 5.57. The Bertz CT molecular complexity index is 474. The first-order chi connectivity index (χ1) is 9.34. The number of ether oxygens (including phenoxy) is 1. The number of hydrogen-bond acceptors (Lipinski definition) is 4. The van der Waals surface area contributed by atoms with E-state index in [0.29, 0.717) is 13.1 Å². The molecule has 0 amide bonds. The third-order valence-corrected chi connectivity index (χ3v) is 3.52. The minimum atomic E-state index is -0.713. The Morgan fingerprint density at radius 3 is 2.55 bits per heavy atom. The highest BCUT2D eigenvalue weighted by Gasteiger charge is 2.35. The van der Waals surface area contributed by atoms with Gasteiger partial charge >= 0.3 is 5.97 Å². The Labute approximate surface area is 122 Å². The van der Waals surface area contributed by atoms with Crippen LogP contribution in [0.15, 0.2) is 18.2 Å². The first-order valence-electron chi connectivity index (χ1n) is 6.96. The fourth-order valence-corrected chi connectivity index (χ4v) is 2.60. The minimum absolute atomic E-state index is 0.240. The second-order valence-corrected chi connectivity index (χ2v) is 5.50. The number of carbonyl (C=O) groups is 1. The highest BCUT2D eigenvalue weighted by Crippen LogP contribution is 2.22. The molecule has 0 aliphatic heterocycles. The van der Waals surface area contributed by atoms with Crippen molar-refractivity contribution in [3.8, 4) is 0 Å². The molecular weight excluding hydrogens is 252 g/mol. The van der Waals surface area contributed by atoms with E-state index in [1.54, 1.807) is 0 Å². The van der Waals surface area contributed by atoms with E-state index in [9.17, 15) is 4.79 Å². The Morgan fingerprint density at radius 2 is 2.05 bits per heavy atom. The minimum Gasteiger partial charge on any atom is -0.468 e. The number of benzene rings is 1. The largest absolute Gasteiger partial charge is 0.468 e. The van der Waals surface area contributed by atoms with E-state index >= 15 is 0 Å². The molecule has 0 aromatic heterocycles. The number of nitrogens with zero attached hydrogens (tertiary/aromatic N) is 1. The van der Waals surface area contributed by atoms with Gasteiger partial charge in [-0.25, -0.2) is 4.79 Å². The van der Waals surface area contributed by atoms with Gasteiger partial charge in [-0.1, -0.05) is 24.6 Å². The maximum Gasteiger partial charge on any atom is 0.327 e. The molecule has 1 unspecified atom stereocenters. The maximum absolute atomic E-state index is 12.0. The average Bonchev–Trinajstić information content (AvgIpc) is 2.37. The molecule has 1 rings (SSSR count). The van der Waals surface area contributed by atoms with Gasteiger partial charge in [-0.05, 0) is 38.9 Å². The van der Waals surface area contributed by atoms with Crippen molar-refractivity contribution in [1.82, 2.24) is 5.32 Å². The van der Waals surface area contributed by atoms with Crippen LogP contribution in [0, 0.1) is 13.8 Å². The predicted octanol–water partition coefficient (Wildman–Crippen LogP) is 2.28. The van der Waals surface area contributed by atoms with Crippen LogP contribution < -0.4 is 10.2 Å². The number of aryl methyl sites for hydroxylation is 2. The summed E-state index contributed by atoms with van der Waals surface area (Å²) >= 11 is 0. The first-order valence-corrected chi connectivity index (χ1v) is 6.96. The standard InChI is InChI=1S/C16H26N2O2/c1-7-17-16(4,15(19)20-6)11-18(5)14-9-8-12(2)10-13(14)3/h8-10,17H,7,11H2,1-6H3. The molecule has 0 heterocycles. The summed E-state index contributed by atoms with van der Waals surface area (Å²) in [4.78, 5) is 14.1. The second-order valence-electron chi connectivity index (χ2n) is 5.50. The number of hydrogen-bond donors (Lipinski definition) is 1. The molecule has 0 saturated heterocycles. The van der Waals surface area contributed by atoms with Crippen molar-refractivity contribution in [2.24, 2.45) is 0 Å². The van der Waals surface area contributed by atoms with Crippen molar-refractivity contribution in [2.75, 3.05) is 32.1 Å². The van der Waals surface area contributed by atoms with Crippen LogP contribution in [0.3, 0.4) is 0 Å². The lowest BCUT2D eigenvalue weighted by molar-refractivity contribution is -0.147. The van der Waals surface area contributed by atoms with Gasteiger partial charge in [-0.2, -0.15) is 0 Å². The zero-order chi connectivity index (χ0) is 15.3. The molecular formula is C16H26N2O2. The molecule has 20 heavy (non-hydrogen) atoms. The lowest BCUT2D eigenvalue weighted by Gasteiger charge is -2.33. The molecule has 0 saturated carbocycles.